The van der Waals surface area contributed by atoms with E-state index in [1.807, 2.05) is 0 Å². The smallest absolute Gasteiger partial charge is 0.305 e. The Morgan fingerprint density at radius 1 is 1.16 bits per heavy atom. The summed E-state index contributed by atoms with van der Waals surface area (Å²) in [6.07, 6.45) is 1.22. The molecule has 0 aliphatic rings. The van der Waals surface area contributed by atoms with Crippen LogP contribution in [0, 0.1) is 12.3 Å². The molecule has 0 amide bonds. The molecule has 1 N–H and O–H groups in total. The zero-order valence-electron chi connectivity index (χ0n) is 12.4. The van der Waals surface area contributed by atoms with E-state index in [-0.39, 0.29) is 11.8 Å². The summed E-state index contributed by atoms with van der Waals surface area (Å²) in [5.74, 6) is -0.743. The van der Waals surface area contributed by atoms with Gasteiger partial charge in [-0.05, 0) is 30.9 Å². The Labute approximate surface area is 116 Å². The fourth-order valence-corrected chi connectivity index (χ4v) is 1.83. The van der Waals surface area contributed by atoms with E-state index in [9.17, 15) is 4.79 Å². The van der Waals surface area contributed by atoms with E-state index in [1.165, 1.54) is 5.56 Å². The predicted molar refractivity (Wildman–Crippen MR) is 79.7 cm³/mol. The first kappa shape index (κ1) is 15.5. The number of carboxylic acid groups (broad SMARTS) is 1. The van der Waals surface area contributed by atoms with Crippen LogP contribution in [0.15, 0.2) is 24.3 Å². The quantitative estimate of drug-likeness (QED) is 0.850. The summed E-state index contributed by atoms with van der Waals surface area (Å²) in [6, 6.07) is 8.28. The zero-order chi connectivity index (χ0) is 14.5. The van der Waals surface area contributed by atoms with Crippen LogP contribution in [-0.4, -0.2) is 24.2 Å². The topological polar surface area (TPSA) is 40.5 Å². The highest BCUT2D eigenvalue weighted by Gasteiger charge is 2.14. The number of carbonyl (C=O) groups is 1. The monoisotopic (exact) mass is 263 g/mol. The Balaban J connectivity index is 2.73. The van der Waals surface area contributed by atoms with Gasteiger partial charge in [-0.2, -0.15) is 0 Å². The molecule has 0 aromatic heterocycles. The Kier molecular flexibility index (Phi) is 5.40. The van der Waals surface area contributed by atoms with Crippen LogP contribution in [0.3, 0.4) is 0 Å². The Hall–Kier alpha value is -1.51. The van der Waals surface area contributed by atoms with Crippen molar-refractivity contribution in [2.45, 2.75) is 40.5 Å². The summed E-state index contributed by atoms with van der Waals surface area (Å²) in [6.45, 7) is 10.1. The fraction of sp³-hybridized carbons (Fsp3) is 0.562. The maximum Gasteiger partial charge on any atom is 0.305 e. The van der Waals surface area contributed by atoms with Gasteiger partial charge in [-0.25, -0.2) is 0 Å². The van der Waals surface area contributed by atoms with Crippen LogP contribution in [0.1, 0.15) is 39.2 Å². The highest BCUT2D eigenvalue weighted by Crippen LogP contribution is 2.22. The Morgan fingerprint density at radius 3 is 2.21 bits per heavy atom. The lowest BCUT2D eigenvalue weighted by molar-refractivity contribution is -0.136. The van der Waals surface area contributed by atoms with Gasteiger partial charge in [-0.1, -0.05) is 38.5 Å². The third kappa shape index (κ3) is 6.27. The van der Waals surface area contributed by atoms with Gasteiger partial charge < -0.3 is 10.0 Å². The largest absolute Gasteiger partial charge is 0.481 e. The summed E-state index contributed by atoms with van der Waals surface area (Å²) in [5, 5.41) is 8.85. The van der Waals surface area contributed by atoms with Gasteiger partial charge in [0, 0.05) is 18.8 Å². The van der Waals surface area contributed by atoms with E-state index < -0.39 is 5.97 Å². The van der Waals surface area contributed by atoms with Crippen molar-refractivity contribution in [3.05, 3.63) is 29.8 Å². The van der Waals surface area contributed by atoms with E-state index >= 15 is 0 Å². The molecule has 3 heteroatoms. The van der Waals surface area contributed by atoms with Crippen LogP contribution in [0.5, 0.6) is 0 Å². The second kappa shape index (κ2) is 6.60. The number of aryl methyl sites for hydroxylation is 1. The Bertz CT molecular complexity index is 404. The third-order valence-corrected chi connectivity index (χ3v) is 3.13. The van der Waals surface area contributed by atoms with Crippen molar-refractivity contribution < 1.29 is 9.90 Å². The number of hydrogen-bond acceptors (Lipinski definition) is 2. The number of aliphatic carboxylic acids is 1. The summed E-state index contributed by atoms with van der Waals surface area (Å²) in [4.78, 5) is 12.9. The van der Waals surface area contributed by atoms with E-state index in [1.54, 1.807) is 0 Å². The molecule has 1 aromatic carbocycles. The number of benzene rings is 1. The average molecular weight is 263 g/mol. The van der Waals surface area contributed by atoms with Crippen LogP contribution >= 0.6 is 0 Å². The summed E-state index contributed by atoms with van der Waals surface area (Å²) >= 11 is 0. The van der Waals surface area contributed by atoms with Crippen LogP contribution in [0.25, 0.3) is 0 Å². The summed E-state index contributed by atoms with van der Waals surface area (Å²) < 4.78 is 0. The number of rotatable bonds is 6. The number of hydrogen-bond donors (Lipinski definition) is 1. The predicted octanol–water partition coefficient (Wildman–Crippen LogP) is 3.71. The summed E-state index contributed by atoms with van der Waals surface area (Å²) in [5.41, 5.74) is 2.58. The molecule has 0 fully saturated rings. The van der Waals surface area contributed by atoms with Gasteiger partial charge in [0.2, 0.25) is 0 Å². The van der Waals surface area contributed by atoms with Crippen molar-refractivity contribution in [2.24, 2.45) is 5.41 Å². The molecule has 1 rings (SSSR count). The Morgan fingerprint density at radius 2 is 1.74 bits per heavy atom. The minimum atomic E-state index is -0.743. The molecule has 0 spiro atoms. The first-order chi connectivity index (χ1) is 8.78. The molecule has 0 saturated carbocycles. The van der Waals surface area contributed by atoms with Crippen molar-refractivity contribution >= 4 is 11.7 Å². The van der Waals surface area contributed by atoms with E-state index in [0.717, 1.165) is 18.7 Å². The van der Waals surface area contributed by atoms with Crippen LogP contribution in [-0.2, 0) is 4.79 Å². The molecular weight excluding hydrogens is 238 g/mol. The van der Waals surface area contributed by atoms with Gasteiger partial charge in [0.25, 0.3) is 0 Å². The van der Waals surface area contributed by atoms with Crippen LogP contribution in [0.4, 0.5) is 5.69 Å². The molecule has 0 saturated heterocycles. The maximum absolute atomic E-state index is 10.8. The molecule has 1 aromatic rings. The van der Waals surface area contributed by atoms with E-state index in [0.29, 0.717) is 6.54 Å². The third-order valence-electron chi connectivity index (χ3n) is 3.13. The van der Waals surface area contributed by atoms with E-state index in [2.05, 4.69) is 56.9 Å². The lowest BCUT2D eigenvalue weighted by atomic mass is 9.92. The lowest BCUT2D eigenvalue weighted by Gasteiger charge is -2.28. The van der Waals surface area contributed by atoms with Crippen molar-refractivity contribution in [2.75, 3.05) is 18.0 Å². The standard InChI is InChI=1S/C16H25NO2/c1-13-5-7-14(8-6-13)17(11-9-15(18)19)12-10-16(2,3)4/h5-8H,9-12H2,1-4H3,(H,18,19). The molecule has 0 aliphatic carbocycles. The average Bonchev–Trinajstić information content (AvgIpc) is 2.29. The van der Waals surface area contributed by atoms with Crippen molar-refractivity contribution in [3.63, 3.8) is 0 Å². The van der Waals surface area contributed by atoms with Gasteiger partial charge in [0.15, 0.2) is 0 Å². The first-order valence-corrected chi connectivity index (χ1v) is 6.81. The molecule has 0 radical (unpaired) electrons. The molecule has 0 bridgehead atoms. The second-order valence-electron chi connectivity index (χ2n) is 6.28. The highest BCUT2D eigenvalue weighted by atomic mass is 16.4. The van der Waals surface area contributed by atoms with Crippen molar-refractivity contribution in [1.29, 1.82) is 0 Å². The summed E-state index contributed by atoms with van der Waals surface area (Å²) in [7, 11) is 0. The van der Waals surface area contributed by atoms with Crippen LogP contribution in [0.2, 0.25) is 0 Å². The van der Waals surface area contributed by atoms with Gasteiger partial charge in [0.1, 0.15) is 0 Å². The fourth-order valence-electron chi connectivity index (χ4n) is 1.83. The zero-order valence-corrected chi connectivity index (χ0v) is 12.4. The molecule has 106 valence electrons. The van der Waals surface area contributed by atoms with Gasteiger partial charge in [0.05, 0.1) is 6.42 Å². The van der Waals surface area contributed by atoms with E-state index in [4.69, 9.17) is 5.11 Å². The van der Waals surface area contributed by atoms with Gasteiger partial charge in [-0.15, -0.1) is 0 Å². The highest BCUT2D eigenvalue weighted by molar-refractivity contribution is 5.67. The molecule has 0 atom stereocenters. The van der Waals surface area contributed by atoms with Crippen molar-refractivity contribution in [1.82, 2.24) is 0 Å². The first-order valence-electron chi connectivity index (χ1n) is 6.81. The number of nitrogens with zero attached hydrogens (tertiary/aromatic N) is 1. The minimum absolute atomic E-state index is 0.179. The maximum atomic E-state index is 10.8. The second-order valence-corrected chi connectivity index (χ2v) is 6.28. The van der Waals surface area contributed by atoms with Crippen LogP contribution < -0.4 is 4.90 Å². The molecule has 3 nitrogen and oxygen atoms in total. The van der Waals surface area contributed by atoms with Gasteiger partial charge in [-0.3, -0.25) is 4.79 Å². The SMILES string of the molecule is Cc1ccc(N(CCC(=O)O)CCC(C)(C)C)cc1. The molecule has 0 heterocycles. The lowest BCUT2D eigenvalue weighted by Crippen LogP contribution is -2.29. The van der Waals surface area contributed by atoms with Crippen molar-refractivity contribution in [3.8, 4) is 0 Å². The van der Waals surface area contributed by atoms with Gasteiger partial charge >= 0.3 is 5.97 Å². The molecule has 0 unspecified atom stereocenters. The number of anilines is 1. The molecular formula is C16H25NO2. The minimum Gasteiger partial charge on any atom is -0.481 e. The molecule has 19 heavy (non-hydrogen) atoms. The molecule has 0 aliphatic heterocycles. The normalized spacial score (nSPS) is 11.4. The number of carboxylic acids is 1.